The number of anilines is 1. The number of hydrogen-bond acceptors (Lipinski definition) is 4. The molecule has 0 amide bonds. The van der Waals surface area contributed by atoms with Crippen molar-refractivity contribution < 1.29 is 23.6 Å². The summed E-state index contributed by atoms with van der Waals surface area (Å²) in [6.07, 6.45) is -1.11. The smallest absolute Gasteiger partial charge is 0.311 e. The van der Waals surface area contributed by atoms with E-state index in [0.717, 1.165) is 18.6 Å². The van der Waals surface area contributed by atoms with Crippen molar-refractivity contribution in [3.8, 4) is 0 Å². The molecule has 21 heavy (non-hydrogen) atoms. The average molecular weight is 300 g/mol. The molecule has 0 saturated heterocycles. The number of benzene rings is 1. The van der Waals surface area contributed by atoms with Crippen LogP contribution in [0.3, 0.4) is 0 Å². The molecule has 0 heterocycles. The predicted molar refractivity (Wildman–Crippen MR) is 70.5 cm³/mol. The van der Waals surface area contributed by atoms with Gasteiger partial charge in [0, 0.05) is 29.9 Å². The number of nitrogens with zero attached hydrogens (tertiary/aromatic N) is 1. The highest BCUT2D eigenvalue weighted by Gasteiger charge is 2.44. The fourth-order valence-corrected chi connectivity index (χ4v) is 2.34. The highest BCUT2D eigenvalue weighted by atomic mass is 19.3. The van der Waals surface area contributed by atoms with Crippen molar-refractivity contribution in [3.63, 3.8) is 0 Å². The lowest BCUT2D eigenvalue weighted by Gasteiger charge is -2.38. The minimum absolute atomic E-state index is 0.0276. The van der Waals surface area contributed by atoms with Gasteiger partial charge in [-0.15, -0.1) is 0 Å². The molecule has 0 unspecified atom stereocenters. The summed E-state index contributed by atoms with van der Waals surface area (Å²) in [6.45, 7) is 0.0276. The van der Waals surface area contributed by atoms with Crippen molar-refractivity contribution in [2.24, 2.45) is 5.41 Å². The molecule has 6 nitrogen and oxygen atoms in total. The fraction of sp³-hybridized carbons (Fsp3) is 0.462. The number of rotatable bonds is 6. The van der Waals surface area contributed by atoms with Gasteiger partial charge in [0.2, 0.25) is 0 Å². The number of alkyl halides is 2. The van der Waals surface area contributed by atoms with Crippen molar-refractivity contribution in [1.82, 2.24) is 0 Å². The van der Waals surface area contributed by atoms with Gasteiger partial charge in [-0.2, -0.15) is 0 Å². The molecule has 1 fully saturated rings. The van der Waals surface area contributed by atoms with Crippen LogP contribution in [0.4, 0.5) is 20.2 Å². The Kier molecular flexibility index (Phi) is 4.06. The highest BCUT2D eigenvalue weighted by Crippen LogP contribution is 2.42. The molecule has 0 aromatic heterocycles. The molecule has 0 atom stereocenters. The van der Waals surface area contributed by atoms with Crippen LogP contribution in [0.2, 0.25) is 0 Å². The molecule has 1 aliphatic rings. The Balaban J connectivity index is 2.19. The van der Waals surface area contributed by atoms with Crippen molar-refractivity contribution in [2.45, 2.75) is 25.7 Å². The van der Waals surface area contributed by atoms with Gasteiger partial charge in [0.05, 0.1) is 10.3 Å². The van der Waals surface area contributed by atoms with Crippen LogP contribution < -0.4 is 5.32 Å². The molecule has 8 heteroatoms. The van der Waals surface area contributed by atoms with Gasteiger partial charge in [0.1, 0.15) is 0 Å². The largest absolute Gasteiger partial charge is 0.481 e. The van der Waals surface area contributed by atoms with E-state index in [-0.39, 0.29) is 12.2 Å². The van der Waals surface area contributed by atoms with E-state index in [0.29, 0.717) is 12.8 Å². The van der Waals surface area contributed by atoms with Crippen LogP contribution in [0.15, 0.2) is 18.2 Å². The van der Waals surface area contributed by atoms with Crippen LogP contribution >= 0.6 is 0 Å². The maximum Gasteiger partial charge on any atom is 0.311 e. The van der Waals surface area contributed by atoms with Crippen molar-refractivity contribution in [2.75, 3.05) is 11.9 Å². The third-order valence-corrected chi connectivity index (χ3v) is 3.86. The molecule has 0 radical (unpaired) electrons. The van der Waals surface area contributed by atoms with E-state index in [1.54, 1.807) is 0 Å². The molecule has 114 valence electrons. The number of nitro benzene ring substituents is 1. The van der Waals surface area contributed by atoms with Crippen LogP contribution in [0, 0.1) is 15.5 Å². The zero-order chi connectivity index (χ0) is 15.6. The molecule has 1 aromatic carbocycles. The van der Waals surface area contributed by atoms with Gasteiger partial charge in [-0.05, 0) is 18.9 Å². The summed E-state index contributed by atoms with van der Waals surface area (Å²) < 4.78 is 25.9. The number of hydrogen-bond donors (Lipinski definition) is 2. The van der Waals surface area contributed by atoms with E-state index in [1.165, 1.54) is 6.07 Å². The minimum Gasteiger partial charge on any atom is -0.481 e. The normalized spacial score (nSPS) is 16.3. The lowest BCUT2D eigenvalue weighted by atomic mass is 9.69. The van der Waals surface area contributed by atoms with Crippen LogP contribution in [0.25, 0.3) is 0 Å². The van der Waals surface area contributed by atoms with E-state index in [9.17, 15) is 28.8 Å². The Morgan fingerprint density at radius 3 is 2.57 bits per heavy atom. The van der Waals surface area contributed by atoms with E-state index in [2.05, 4.69) is 5.32 Å². The van der Waals surface area contributed by atoms with Crippen LogP contribution in [0.5, 0.6) is 0 Å². The number of halogens is 2. The number of carboxylic acid groups (broad SMARTS) is 1. The number of aliphatic carboxylic acids is 1. The zero-order valence-electron chi connectivity index (χ0n) is 11.0. The summed E-state index contributed by atoms with van der Waals surface area (Å²) in [4.78, 5) is 21.1. The quantitative estimate of drug-likeness (QED) is 0.621. The van der Waals surface area contributed by atoms with Gasteiger partial charge >= 0.3 is 5.97 Å². The Morgan fingerprint density at radius 2 is 2.14 bits per heavy atom. The lowest BCUT2D eigenvalue weighted by Crippen LogP contribution is -2.43. The second-order valence-corrected chi connectivity index (χ2v) is 5.12. The predicted octanol–water partition coefficient (Wildman–Crippen LogP) is 3.20. The lowest BCUT2D eigenvalue weighted by molar-refractivity contribution is -0.385. The number of carbonyl (C=O) groups is 1. The summed E-state index contributed by atoms with van der Waals surface area (Å²) in [5, 5.41) is 22.5. The fourth-order valence-electron chi connectivity index (χ4n) is 2.34. The van der Waals surface area contributed by atoms with E-state index >= 15 is 0 Å². The maximum atomic E-state index is 13.0. The third kappa shape index (κ3) is 2.93. The number of carboxylic acids is 1. The van der Waals surface area contributed by atoms with Crippen molar-refractivity contribution >= 4 is 17.3 Å². The summed E-state index contributed by atoms with van der Waals surface area (Å²) in [5.41, 5.74) is -1.82. The number of nitrogens with one attached hydrogen (secondary N) is 1. The standard InChI is InChI=1S/C13H14F2N2O4/c14-11(15)9-6-8(17(20)21)2-3-10(9)16-7-13(12(18)19)4-1-5-13/h2-3,6,11,16H,1,4-5,7H2,(H,18,19). The Morgan fingerprint density at radius 1 is 1.48 bits per heavy atom. The van der Waals surface area contributed by atoms with Crippen LogP contribution in [0.1, 0.15) is 31.3 Å². The third-order valence-electron chi connectivity index (χ3n) is 3.86. The monoisotopic (exact) mass is 300 g/mol. The summed E-state index contributed by atoms with van der Waals surface area (Å²) in [6, 6.07) is 3.11. The van der Waals surface area contributed by atoms with Crippen LogP contribution in [-0.4, -0.2) is 22.5 Å². The van der Waals surface area contributed by atoms with Crippen molar-refractivity contribution in [3.05, 3.63) is 33.9 Å². The molecular weight excluding hydrogens is 286 g/mol. The maximum absolute atomic E-state index is 13.0. The Bertz CT molecular complexity index is 573. The van der Waals surface area contributed by atoms with E-state index in [1.807, 2.05) is 0 Å². The SMILES string of the molecule is O=C(O)C1(CNc2ccc([N+](=O)[O-])cc2C(F)F)CCC1. The Hall–Kier alpha value is -2.25. The Labute approximate surface area is 118 Å². The first kappa shape index (κ1) is 15.1. The first-order chi connectivity index (χ1) is 9.85. The minimum atomic E-state index is -2.88. The molecule has 0 bridgehead atoms. The average Bonchev–Trinajstić information content (AvgIpc) is 2.36. The van der Waals surface area contributed by atoms with E-state index in [4.69, 9.17) is 0 Å². The first-order valence-corrected chi connectivity index (χ1v) is 6.39. The van der Waals surface area contributed by atoms with Crippen molar-refractivity contribution in [1.29, 1.82) is 0 Å². The van der Waals surface area contributed by atoms with E-state index < -0.39 is 34.0 Å². The molecule has 2 rings (SSSR count). The van der Waals surface area contributed by atoms with Crippen LogP contribution in [-0.2, 0) is 4.79 Å². The number of non-ortho nitro benzene ring substituents is 1. The molecule has 0 spiro atoms. The molecule has 1 saturated carbocycles. The highest BCUT2D eigenvalue weighted by molar-refractivity contribution is 5.76. The summed E-state index contributed by atoms with van der Waals surface area (Å²) in [5.74, 6) is -0.957. The van der Waals surface area contributed by atoms with Gasteiger partial charge < -0.3 is 10.4 Å². The summed E-state index contributed by atoms with van der Waals surface area (Å²) >= 11 is 0. The molecule has 1 aromatic rings. The first-order valence-electron chi connectivity index (χ1n) is 6.39. The topological polar surface area (TPSA) is 92.5 Å². The second-order valence-electron chi connectivity index (χ2n) is 5.12. The number of nitro groups is 1. The van der Waals surface area contributed by atoms with Gasteiger partial charge in [-0.3, -0.25) is 14.9 Å². The molecular formula is C13H14F2N2O4. The molecule has 2 N–H and O–H groups in total. The van der Waals surface area contributed by atoms with Gasteiger partial charge in [-0.1, -0.05) is 6.42 Å². The van der Waals surface area contributed by atoms with Gasteiger partial charge in [0.25, 0.3) is 12.1 Å². The molecule has 0 aliphatic heterocycles. The second kappa shape index (κ2) is 5.63. The van der Waals surface area contributed by atoms with Gasteiger partial charge in [0.15, 0.2) is 0 Å². The summed E-state index contributed by atoms with van der Waals surface area (Å²) in [7, 11) is 0. The zero-order valence-corrected chi connectivity index (χ0v) is 11.0. The van der Waals surface area contributed by atoms with Gasteiger partial charge in [-0.25, -0.2) is 8.78 Å². The molecule has 1 aliphatic carbocycles.